The van der Waals surface area contributed by atoms with Gasteiger partial charge in [0.25, 0.3) is 11.8 Å². The molecule has 3 heterocycles. The predicted molar refractivity (Wildman–Crippen MR) is 198 cm³/mol. The molecule has 2 aromatic rings. The zero-order chi connectivity index (χ0) is 33.5. The van der Waals surface area contributed by atoms with E-state index in [1.54, 1.807) is 29.2 Å². The maximum absolute atomic E-state index is 12.9. The van der Waals surface area contributed by atoms with E-state index in [1.807, 2.05) is 36.4 Å². The summed E-state index contributed by atoms with van der Waals surface area (Å²) in [5.74, 6) is -0.646. The van der Waals surface area contributed by atoms with Crippen LogP contribution in [0.2, 0.25) is 10.0 Å². The summed E-state index contributed by atoms with van der Waals surface area (Å²) in [4.78, 5) is 59.1. The van der Waals surface area contributed by atoms with Crippen LogP contribution in [0.25, 0.3) is 12.2 Å². The largest absolute Gasteiger partial charge is 0.355 e. The number of piperazine rings is 1. The summed E-state index contributed by atoms with van der Waals surface area (Å²) < 4.78 is 0.841. The van der Waals surface area contributed by atoms with Crippen molar-refractivity contribution >= 4 is 116 Å². The summed E-state index contributed by atoms with van der Waals surface area (Å²) in [6.45, 7) is 4.00. The lowest BCUT2D eigenvalue weighted by Crippen LogP contribution is -2.50. The van der Waals surface area contributed by atoms with Gasteiger partial charge in [-0.05, 0) is 35.4 Å². The number of carbonyl (C=O) groups is 4. The first-order chi connectivity index (χ1) is 22.6. The van der Waals surface area contributed by atoms with E-state index in [1.165, 1.54) is 33.3 Å². The van der Waals surface area contributed by atoms with Crippen LogP contribution in [0.15, 0.2) is 58.3 Å². The average Bonchev–Trinajstić information content (AvgIpc) is 3.48. The van der Waals surface area contributed by atoms with E-state index in [2.05, 4.69) is 10.2 Å². The van der Waals surface area contributed by atoms with Crippen LogP contribution in [0.5, 0.6) is 0 Å². The van der Waals surface area contributed by atoms with Crippen LogP contribution in [-0.4, -0.2) is 104 Å². The number of carbonyl (C=O) groups excluding carboxylic acids is 4. The number of nitrogens with zero attached hydrogens (tertiary/aromatic N) is 4. The first-order valence-electron chi connectivity index (χ1n) is 14.9. The molecule has 5 rings (SSSR count). The molecule has 0 bridgehead atoms. The van der Waals surface area contributed by atoms with Gasteiger partial charge in [-0.1, -0.05) is 108 Å². The number of thiocarbonyl (C=S) groups is 2. The molecule has 0 spiro atoms. The Balaban J connectivity index is 0.983. The lowest BCUT2D eigenvalue weighted by molar-refractivity contribution is -0.133. The van der Waals surface area contributed by atoms with Crippen LogP contribution in [0.3, 0.4) is 0 Å². The molecule has 3 aliphatic heterocycles. The summed E-state index contributed by atoms with van der Waals surface area (Å²) in [5.41, 5.74) is 1.47. The summed E-state index contributed by atoms with van der Waals surface area (Å²) >= 11 is 25.6. The van der Waals surface area contributed by atoms with E-state index in [4.69, 9.17) is 47.6 Å². The third-order valence-electron chi connectivity index (χ3n) is 7.72. The molecule has 0 unspecified atom stereocenters. The molecule has 9 nitrogen and oxygen atoms in total. The molecular weight excluding hydrogens is 718 g/mol. The molecule has 0 aliphatic carbocycles. The minimum absolute atomic E-state index is 0.0282. The van der Waals surface area contributed by atoms with Crippen molar-refractivity contribution in [3.63, 3.8) is 0 Å². The van der Waals surface area contributed by atoms with Crippen molar-refractivity contribution in [3.05, 3.63) is 79.5 Å². The van der Waals surface area contributed by atoms with Gasteiger partial charge in [0.2, 0.25) is 11.8 Å². The second-order valence-corrected chi connectivity index (χ2v) is 14.9. The van der Waals surface area contributed by atoms with Crippen LogP contribution >= 0.6 is 71.2 Å². The third kappa shape index (κ3) is 9.23. The van der Waals surface area contributed by atoms with E-state index >= 15 is 0 Å². The number of amides is 4. The number of nitrogens with one attached hydrogen (secondary N) is 1. The van der Waals surface area contributed by atoms with Crippen molar-refractivity contribution in [2.45, 2.75) is 12.8 Å². The fourth-order valence-electron chi connectivity index (χ4n) is 5.09. The van der Waals surface area contributed by atoms with Crippen molar-refractivity contribution in [2.24, 2.45) is 0 Å². The van der Waals surface area contributed by atoms with Gasteiger partial charge in [-0.25, -0.2) is 0 Å². The van der Waals surface area contributed by atoms with Crippen LogP contribution in [0, 0.1) is 0 Å². The van der Waals surface area contributed by atoms with Crippen molar-refractivity contribution in [1.29, 1.82) is 0 Å². The topological polar surface area (TPSA) is 93.3 Å². The van der Waals surface area contributed by atoms with Crippen LogP contribution in [0.4, 0.5) is 0 Å². The Bertz CT molecular complexity index is 1660. The molecule has 4 amide bonds. The Morgan fingerprint density at radius 3 is 1.74 bits per heavy atom. The molecular formula is C32H31Cl2N5O4S4. The number of thioether (sulfide) groups is 2. The molecule has 2 aromatic carbocycles. The van der Waals surface area contributed by atoms with E-state index in [0.717, 1.165) is 11.1 Å². The number of rotatable bonds is 11. The molecule has 246 valence electrons. The van der Waals surface area contributed by atoms with Gasteiger partial charge in [0.1, 0.15) is 8.64 Å². The van der Waals surface area contributed by atoms with Gasteiger partial charge in [-0.3, -0.25) is 33.9 Å². The number of hydrogen-bond donors (Lipinski definition) is 1. The number of halogens is 2. The van der Waals surface area contributed by atoms with Crippen molar-refractivity contribution in [2.75, 3.05) is 52.4 Å². The van der Waals surface area contributed by atoms with Gasteiger partial charge < -0.3 is 10.2 Å². The molecule has 0 radical (unpaired) electrons. The van der Waals surface area contributed by atoms with Gasteiger partial charge in [0.15, 0.2) is 0 Å². The van der Waals surface area contributed by atoms with Gasteiger partial charge >= 0.3 is 0 Å². The Morgan fingerprint density at radius 1 is 0.745 bits per heavy atom. The molecule has 0 aromatic heterocycles. The first-order valence-corrected chi connectivity index (χ1v) is 18.1. The Labute approximate surface area is 302 Å². The van der Waals surface area contributed by atoms with Crippen molar-refractivity contribution in [3.8, 4) is 0 Å². The minimum Gasteiger partial charge on any atom is -0.355 e. The van der Waals surface area contributed by atoms with Crippen LogP contribution < -0.4 is 5.32 Å². The maximum Gasteiger partial charge on any atom is 0.266 e. The molecule has 15 heteroatoms. The summed E-state index contributed by atoms with van der Waals surface area (Å²) in [6, 6.07) is 14.5. The molecule has 3 fully saturated rings. The maximum atomic E-state index is 12.9. The highest BCUT2D eigenvalue weighted by Gasteiger charge is 2.34. The van der Waals surface area contributed by atoms with Crippen LogP contribution in [-0.2, 0) is 19.2 Å². The first kappa shape index (κ1) is 35.5. The Kier molecular flexibility index (Phi) is 12.5. The SMILES string of the molecule is O=C(CCN1C(=O)/C(=C/c2ccccc2Cl)SC1=S)NCCN1CCN(C(=O)CCN2C(=O)/C(=C/c3ccccc3Cl)SC2=S)CC1. The molecule has 3 saturated heterocycles. The monoisotopic (exact) mass is 747 g/mol. The van der Waals surface area contributed by atoms with Gasteiger partial charge in [0.05, 0.1) is 9.81 Å². The third-order valence-corrected chi connectivity index (χ3v) is 11.2. The molecule has 47 heavy (non-hydrogen) atoms. The highest BCUT2D eigenvalue weighted by molar-refractivity contribution is 8.27. The second kappa shape index (κ2) is 16.6. The van der Waals surface area contributed by atoms with Gasteiger partial charge in [0, 0.05) is 75.2 Å². The Morgan fingerprint density at radius 2 is 1.23 bits per heavy atom. The highest BCUT2D eigenvalue weighted by Crippen LogP contribution is 2.35. The summed E-state index contributed by atoms with van der Waals surface area (Å²) in [7, 11) is 0. The minimum atomic E-state index is -0.233. The smallest absolute Gasteiger partial charge is 0.266 e. The van der Waals surface area contributed by atoms with Crippen molar-refractivity contribution < 1.29 is 19.2 Å². The molecule has 0 saturated carbocycles. The van der Waals surface area contributed by atoms with E-state index in [0.29, 0.717) is 67.8 Å². The molecule has 3 aliphatic rings. The fraction of sp³-hybridized carbons (Fsp3) is 0.312. The average molecular weight is 749 g/mol. The number of hydrogen-bond acceptors (Lipinski definition) is 9. The fourth-order valence-corrected chi connectivity index (χ4v) is 8.07. The van der Waals surface area contributed by atoms with E-state index in [-0.39, 0.29) is 49.6 Å². The van der Waals surface area contributed by atoms with Gasteiger partial charge in [-0.2, -0.15) is 0 Å². The Hall–Kier alpha value is -2.78. The predicted octanol–water partition coefficient (Wildman–Crippen LogP) is 5.14. The highest BCUT2D eigenvalue weighted by atomic mass is 35.5. The lowest BCUT2D eigenvalue weighted by Gasteiger charge is -2.35. The quantitative estimate of drug-likeness (QED) is 0.248. The van der Waals surface area contributed by atoms with E-state index in [9.17, 15) is 19.2 Å². The summed E-state index contributed by atoms with van der Waals surface area (Å²) in [5, 5.41) is 4.01. The second-order valence-electron chi connectivity index (χ2n) is 10.8. The molecule has 1 N–H and O–H groups in total. The van der Waals surface area contributed by atoms with Crippen molar-refractivity contribution in [1.82, 2.24) is 24.9 Å². The number of benzene rings is 2. The van der Waals surface area contributed by atoms with Gasteiger partial charge in [-0.15, -0.1) is 0 Å². The zero-order valence-corrected chi connectivity index (χ0v) is 29.9. The normalized spacial score (nSPS) is 19.1. The standard InChI is InChI=1S/C32H31Cl2N5O4S4/c33-23-7-3-1-5-21(23)19-25-29(42)38(31(44)46-25)12-9-27(40)35-11-14-36-15-17-37(18-16-36)28(41)10-13-39-30(43)26(47-32(39)45)20-22-6-2-4-8-24(22)34/h1-8,19-20H,9-18H2,(H,35,40)/b25-19-,26-20-. The molecule has 0 atom stereocenters. The zero-order valence-electron chi connectivity index (χ0n) is 25.2. The van der Waals surface area contributed by atoms with E-state index < -0.39 is 0 Å². The summed E-state index contributed by atoms with van der Waals surface area (Å²) in [6.07, 6.45) is 3.76. The lowest BCUT2D eigenvalue weighted by atomic mass is 10.2. The van der Waals surface area contributed by atoms with Crippen LogP contribution in [0.1, 0.15) is 24.0 Å².